The molecule has 0 spiro atoms. The van der Waals surface area contributed by atoms with Crippen LogP contribution in [-0.4, -0.2) is 43.8 Å². The van der Waals surface area contributed by atoms with Crippen LogP contribution in [0, 0.1) is 27.7 Å². The molecule has 1 aliphatic rings. The molecule has 0 N–H and O–H groups in total. The average molecular weight is 449 g/mol. The van der Waals surface area contributed by atoms with Crippen LogP contribution in [0.4, 0.5) is 13.2 Å². The van der Waals surface area contributed by atoms with E-state index in [9.17, 15) is 18.0 Å². The maximum atomic E-state index is 13.6. The van der Waals surface area contributed by atoms with Gasteiger partial charge in [-0.3, -0.25) is 9.48 Å². The second kappa shape index (κ2) is 8.22. The maximum absolute atomic E-state index is 13.6. The molecule has 0 saturated carbocycles. The first-order chi connectivity index (χ1) is 15.1. The number of nitrogens with zero attached hydrogens (tertiary/aromatic N) is 5. The quantitative estimate of drug-likeness (QED) is 0.588. The third-order valence-electron chi connectivity index (χ3n) is 6.49. The van der Waals surface area contributed by atoms with Crippen molar-refractivity contribution in [2.45, 2.75) is 65.6 Å². The minimum absolute atomic E-state index is 0.0268. The zero-order valence-electron chi connectivity index (χ0n) is 18.6. The van der Waals surface area contributed by atoms with Crippen LogP contribution in [0.3, 0.4) is 0 Å². The van der Waals surface area contributed by atoms with Crippen LogP contribution in [0.1, 0.15) is 59.1 Å². The van der Waals surface area contributed by atoms with Crippen molar-refractivity contribution in [1.29, 1.82) is 0 Å². The van der Waals surface area contributed by atoms with Crippen molar-refractivity contribution in [3.05, 3.63) is 40.0 Å². The predicted octanol–water partition coefficient (Wildman–Crippen LogP) is 4.47. The molecule has 1 aliphatic heterocycles. The molecule has 7 nitrogen and oxygen atoms in total. The molecule has 0 atom stereocenters. The topological polar surface area (TPSA) is 77.0 Å². The van der Waals surface area contributed by atoms with Gasteiger partial charge in [0.1, 0.15) is 0 Å². The van der Waals surface area contributed by atoms with E-state index in [4.69, 9.17) is 4.52 Å². The smallest absolute Gasteiger partial charge is 0.343 e. The molecule has 3 aromatic rings. The minimum atomic E-state index is -4.52. The van der Waals surface area contributed by atoms with Crippen LogP contribution in [-0.2, 0) is 17.5 Å². The number of likely N-dealkylation sites (tertiary alicyclic amines) is 1. The summed E-state index contributed by atoms with van der Waals surface area (Å²) in [4.78, 5) is 18.8. The van der Waals surface area contributed by atoms with E-state index >= 15 is 0 Å². The van der Waals surface area contributed by atoms with Crippen molar-refractivity contribution in [3.63, 3.8) is 0 Å². The number of alkyl halides is 3. The number of carbonyl (C=O) groups excluding carboxylic acids is 1. The highest BCUT2D eigenvalue weighted by molar-refractivity contribution is 5.81. The van der Waals surface area contributed by atoms with Crippen molar-refractivity contribution < 1.29 is 22.5 Å². The number of amides is 1. The number of halogens is 3. The number of carbonyl (C=O) groups is 1. The SMILES string of the molecule is Cc1nn(CCC(=O)N2CCC(c3cc(C(F)(F)F)c4c(C)noc4n3)CC2)c(C)c1C. The molecule has 1 saturated heterocycles. The molecule has 10 heteroatoms. The van der Waals surface area contributed by atoms with Crippen molar-refractivity contribution in [1.82, 2.24) is 24.8 Å². The van der Waals surface area contributed by atoms with Crippen LogP contribution in [0.5, 0.6) is 0 Å². The van der Waals surface area contributed by atoms with Crippen LogP contribution in [0.2, 0.25) is 0 Å². The Kier molecular flexibility index (Phi) is 5.72. The number of pyridine rings is 1. The van der Waals surface area contributed by atoms with E-state index in [2.05, 4.69) is 15.2 Å². The molecule has 172 valence electrons. The number of aryl methyl sites for hydroxylation is 3. The number of hydrogen-bond donors (Lipinski definition) is 0. The summed E-state index contributed by atoms with van der Waals surface area (Å²) in [5.74, 6) is -0.146. The zero-order chi connectivity index (χ0) is 23.2. The van der Waals surface area contributed by atoms with Crippen molar-refractivity contribution in [2.75, 3.05) is 13.1 Å². The Morgan fingerprint density at radius 1 is 1.16 bits per heavy atom. The van der Waals surface area contributed by atoms with Crippen LogP contribution >= 0.6 is 0 Å². The summed E-state index contributed by atoms with van der Waals surface area (Å²) in [6.07, 6.45) is -3.09. The molecule has 0 aliphatic carbocycles. The Morgan fingerprint density at radius 3 is 2.44 bits per heavy atom. The standard InChI is InChI=1S/C22H26F3N5O2/c1-12-13(2)27-30(15(12)4)10-7-19(31)29-8-5-16(6-9-29)18-11-17(22(23,24)25)20-14(3)28-32-21(20)26-18/h11,16H,5-10H2,1-4H3. The van der Waals surface area contributed by atoms with Gasteiger partial charge in [0.2, 0.25) is 5.91 Å². The summed E-state index contributed by atoms with van der Waals surface area (Å²) in [6, 6.07) is 1.11. The molecule has 0 bridgehead atoms. The van der Waals surface area contributed by atoms with E-state index in [-0.39, 0.29) is 28.6 Å². The first kappa shape index (κ1) is 22.3. The summed E-state index contributed by atoms with van der Waals surface area (Å²) in [5, 5.41) is 8.03. The lowest BCUT2D eigenvalue weighted by molar-refractivity contribution is -0.136. The first-order valence-corrected chi connectivity index (χ1v) is 10.7. The highest BCUT2D eigenvalue weighted by Crippen LogP contribution is 2.38. The summed E-state index contributed by atoms with van der Waals surface area (Å²) >= 11 is 0. The molecule has 4 rings (SSSR count). The highest BCUT2D eigenvalue weighted by atomic mass is 19.4. The van der Waals surface area contributed by atoms with Gasteiger partial charge in [0, 0.05) is 43.4 Å². The fourth-order valence-electron chi connectivity index (χ4n) is 4.33. The molecule has 32 heavy (non-hydrogen) atoms. The second-order valence-corrected chi connectivity index (χ2v) is 8.46. The Hall–Kier alpha value is -2.91. The maximum Gasteiger partial charge on any atom is 0.417 e. The number of hydrogen-bond acceptors (Lipinski definition) is 5. The van der Waals surface area contributed by atoms with E-state index in [1.807, 2.05) is 25.5 Å². The number of fused-ring (bicyclic) bond motifs is 1. The van der Waals surface area contributed by atoms with Gasteiger partial charge < -0.3 is 9.42 Å². The Bertz CT molecular complexity index is 1160. The fourth-order valence-corrected chi connectivity index (χ4v) is 4.33. The number of aromatic nitrogens is 4. The first-order valence-electron chi connectivity index (χ1n) is 10.7. The molecule has 0 unspecified atom stereocenters. The molecule has 0 radical (unpaired) electrons. The molecule has 1 amide bonds. The monoisotopic (exact) mass is 449 g/mol. The van der Waals surface area contributed by atoms with Gasteiger partial charge in [-0.05, 0) is 52.2 Å². The summed E-state index contributed by atoms with van der Waals surface area (Å²) in [7, 11) is 0. The minimum Gasteiger partial charge on any atom is -0.343 e. The van der Waals surface area contributed by atoms with Crippen LogP contribution in [0.15, 0.2) is 10.6 Å². The predicted molar refractivity (Wildman–Crippen MR) is 111 cm³/mol. The normalized spacial score (nSPS) is 15.7. The van der Waals surface area contributed by atoms with Gasteiger partial charge in [-0.25, -0.2) is 4.98 Å². The molecule has 0 aromatic carbocycles. The number of rotatable bonds is 4. The van der Waals surface area contributed by atoms with Gasteiger partial charge >= 0.3 is 6.18 Å². The Labute approximate surface area is 183 Å². The van der Waals surface area contributed by atoms with Gasteiger partial charge in [0.15, 0.2) is 0 Å². The zero-order valence-corrected chi connectivity index (χ0v) is 18.6. The van der Waals surface area contributed by atoms with Crippen molar-refractivity contribution in [2.24, 2.45) is 0 Å². The van der Waals surface area contributed by atoms with Crippen LogP contribution in [0.25, 0.3) is 11.1 Å². The van der Waals surface area contributed by atoms with E-state index in [0.29, 0.717) is 44.6 Å². The molecular formula is C22H26F3N5O2. The van der Waals surface area contributed by atoms with E-state index in [0.717, 1.165) is 23.0 Å². The van der Waals surface area contributed by atoms with Crippen LogP contribution < -0.4 is 0 Å². The van der Waals surface area contributed by atoms with E-state index in [1.54, 1.807) is 4.90 Å². The van der Waals surface area contributed by atoms with Crippen molar-refractivity contribution >= 4 is 17.0 Å². The summed E-state index contributed by atoms with van der Waals surface area (Å²) < 4.78 is 47.7. The van der Waals surface area contributed by atoms with Gasteiger partial charge in [-0.15, -0.1) is 0 Å². The third-order valence-corrected chi connectivity index (χ3v) is 6.49. The average Bonchev–Trinajstić information content (AvgIpc) is 3.25. The molecule has 4 heterocycles. The molecular weight excluding hydrogens is 423 g/mol. The highest BCUT2D eigenvalue weighted by Gasteiger charge is 2.37. The van der Waals surface area contributed by atoms with Crippen molar-refractivity contribution in [3.8, 4) is 0 Å². The third kappa shape index (κ3) is 4.10. The Balaban J connectivity index is 1.43. The largest absolute Gasteiger partial charge is 0.417 e. The lowest BCUT2D eigenvalue weighted by Gasteiger charge is -2.32. The second-order valence-electron chi connectivity index (χ2n) is 8.46. The van der Waals surface area contributed by atoms with Gasteiger partial charge in [-0.2, -0.15) is 18.3 Å². The summed E-state index contributed by atoms with van der Waals surface area (Å²) in [5.41, 5.74) is 2.79. The molecule has 3 aromatic heterocycles. The van der Waals surface area contributed by atoms with E-state index in [1.165, 1.54) is 6.92 Å². The van der Waals surface area contributed by atoms with E-state index < -0.39 is 11.7 Å². The molecule has 1 fully saturated rings. The number of piperidine rings is 1. The van der Waals surface area contributed by atoms with Gasteiger partial charge in [0.25, 0.3) is 5.71 Å². The lowest BCUT2D eigenvalue weighted by Crippen LogP contribution is -2.38. The summed E-state index contributed by atoms with van der Waals surface area (Å²) in [6.45, 7) is 8.89. The fraction of sp³-hybridized carbons (Fsp3) is 0.545. The van der Waals surface area contributed by atoms with Gasteiger partial charge in [-0.1, -0.05) is 5.16 Å². The lowest BCUT2D eigenvalue weighted by atomic mass is 9.91. The van der Waals surface area contributed by atoms with Gasteiger partial charge in [0.05, 0.1) is 22.3 Å². The Morgan fingerprint density at radius 2 is 1.84 bits per heavy atom.